The molecule has 29 heavy (non-hydrogen) atoms. The van der Waals surface area contributed by atoms with Crippen molar-refractivity contribution >= 4 is 44.6 Å². The number of carbonyl (C=O) groups excluding carboxylic acids is 1. The molecule has 0 bridgehead atoms. The van der Waals surface area contributed by atoms with Crippen molar-refractivity contribution in [2.24, 2.45) is 0 Å². The molecule has 3 aromatic rings. The molecule has 1 aromatic heterocycles. The number of halogens is 1. The van der Waals surface area contributed by atoms with Gasteiger partial charge in [-0.2, -0.15) is 0 Å². The quantitative estimate of drug-likeness (QED) is 0.648. The van der Waals surface area contributed by atoms with Crippen molar-refractivity contribution in [3.63, 3.8) is 0 Å². The third-order valence-electron chi connectivity index (χ3n) is 4.46. The molecule has 2 heterocycles. The van der Waals surface area contributed by atoms with Crippen LogP contribution in [0.3, 0.4) is 0 Å². The van der Waals surface area contributed by atoms with Crippen LogP contribution in [0, 0.1) is 5.82 Å². The van der Waals surface area contributed by atoms with Crippen LogP contribution in [0.4, 0.5) is 26.2 Å². The summed E-state index contributed by atoms with van der Waals surface area (Å²) >= 11 is 1.48. The number of anilines is 3. The lowest BCUT2D eigenvalue weighted by Crippen LogP contribution is -2.37. The zero-order valence-electron chi connectivity index (χ0n) is 15.9. The molecular formula is C20H21FN4O3S. The van der Waals surface area contributed by atoms with Gasteiger partial charge in [0.15, 0.2) is 0 Å². The Labute approximate surface area is 171 Å². The van der Waals surface area contributed by atoms with Gasteiger partial charge in [0.1, 0.15) is 5.82 Å². The van der Waals surface area contributed by atoms with Crippen molar-refractivity contribution in [2.45, 2.75) is 6.92 Å². The Morgan fingerprint density at radius 1 is 1.24 bits per heavy atom. The van der Waals surface area contributed by atoms with Gasteiger partial charge in [-0.25, -0.2) is 14.2 Å². The molecule has 0 radical (unpaired) electrons. The molecule has 0 spiro atoms. The third kappa shape index (κ3) is 4.57. The molecule has 2 N–H and O–H groups in total. The van der Waals surface area contributed by atoms with Gasteiger partial charge in [0.25, 0.3) is 5.19 Å². The Morgan fingerprint density at radius 2 is 2.00 bits per heavy atom. The summed E-state index contributed by atoms with van der Waals surface area (Å²) in [4.78, 5) is 19.2. The third-order valence-corrected chi connectivity index (χ3v) is 5.39. The van der Waals surface area contributed by atoms with Gasteiger partial charge in [0.05, 0.1) is 41.4 Å². The summed E-state index contributed by atoms with van der Waals surface area (Å²) in [5.74, 6) is -0.357. The summed E-state index contributed by atoms with van der Waals surface area (Å²) in [6.45, 7) is 5.19. The Morgan fingerprint density at radius 3 is 2.72 bits per heavy atom. The fourth-order valence-corrected chi connectivity index (χ4v) is 4.00. The number of aromatic nitrogens is 1. The largest absolute Gasteiger partial charge is 0.470 e. The second kappa shape index (κ2) is 8.62. The van der Waals surface area contributed by atoms with Crippen molar-refractivity contribution in [3.05, 3.63) is 42.2 Å². The monoisotopic (exact) mass is 416 g/mol. The summed E-state index contributed by atoms with van der Waals surface area (Å²) in [5.41, 5.74) is 2.81. The fourth-order valence-electron chi connectivity index (χ4n) is 3.11. The number of nitrogens with zero attached hydrogens (tertiary/aromatic N) is 2. The molecule has 9 heteroatoms. The lowest BCUT2D eigenvalue weighted by atomic mass is 10.2. The minimum Gasteiger partial charge on any atom is -0.470 e. The number of hydrogen-bond acceptors (Lipinski definition) is 6. The first-order valence-corrected chi connectivity index (χ1v) is 10.2. The summed E-state index contributed by atoms with van der Waals surface area (Å²) in [5, 5.41) is 6.22. The number of urea groups is 1. The Hall–Kier alpha value is -2.91. The van der Waals surface area contributed by atoms with Crippen LogP contribution >= 0.6 is 11.3 Å². The minimum atomic E-state index is -0.411. The van der Waals surface area contributed by atoms with Gasteiger partial charge in [-0.05, 0) is 43.3 Å². The van der Waals surface area contributed by atoms with Crippen molar-refractivity contribution in [3.8, 4) is 5.19 Å². The highest BCUT2D eigenvalue weighted by atomic mass is 32.1. The molecule has 2 amide bonds. The Bertz CT molecular complexity index is 1000. The predicted molar refractivity (Wildman–Crippen MR) is 113 cm³/mol. The van der Waals surface area contributed by atoms with E-state index in [0.717, 1.165) is 29.0 Å². The van der Waals surface area contributed by atoms with E-state index in [1.165, 1.54) is 35.6 Å². The number of morpholine rings is 1. The smallest absolute Gasteiger partial charge is 0.323 e. The zero-order valence-corrected chi connectivity index (χ0v) is 16.7. The highest BCUT2D eigenvalue weighted by Crippen LogP contribution is 2.37. The van der Waals surface area contributed by atoms with Gasteiger partial charge >= 0.3 is 6.03 Å². The van der Waals surface area contributed by atoms with Crippen LogP contribution in [0.5, 0.6) is 5.19 Å². The molecule has 0 saturated carbocycles. The number of rotatable bonds is 5. The molecule has 1 fully saturated rings. The van der Waals surface area contributed by atoms with Crippen molar-refractivity contribution in [2.75, 3.05) is 48.4 Å². The lowest BCUT2D eigenvalue weighted by molar-refractivity contribution is 0.123. The van der Waals surface area contributed by atoms with Crippen molar-refractivity contribution in [1.29, 1.82) is 0 Å². The molecule has 0 aliphatic carbocycles. The van der Waals surface area contributed by atoms with E-state index >= 15 is 0 Å². The molecule has 1 aliphatic rings. The van der Waals surface area contributed by atoms with Crippen LogP contribution in [0.1, 0.15) is 6.92 Å². The minimum absolute atomic E-state index is 0.357. The maximum absolute atomic E-state index is 13.1. The first-order valence-electron chi connectivity index (χ1n) is 9.36. The SMILES string of the molecule is CCOc1nc2cc(NC(=O)Nc3ccc(F)cc3)c(N3CCOCC3)cc2s1. The number of hydrogen-bond donors (Lipinski definition) is 2. The van der Waals surface area contributed by atoms with Crippen molar-refractivity contribution < 1.29 is 18.7 Å². The first kappa shape index (κ1) is 19.4. The van der Waals surface area contributed by atoms with Gasteiger partial charge in [-0.15, -0.1) is 0 Å². The van der Waals surface area contributed by atoms with E-state index < -0.39 is 6.03 Å². The van der Waals surface area contributed by atoms with E-state index in [-0.39, 0.29) is 5.82 Å². The summed E-state index contributed by atoms with van der Waals surface area (Å²) in [7, 11) is 0. The average molecular weight is 416 g/mol. The molecule has 0 atom stereocenters. The standard InChI is InChI=1S/C20H21FN4O3S/c1-2-28-20-24-16-11-15(23-19(26)22-14-5-3-13(21)4-6-14)17(12-18(16)29-20)25-7-9-27-10-8-25/h3-6,11-12H,2,7-10H2,1H3,(H2,22,23,26). The topological polar surface area (TPSA) is 75.7 Å². The maximum atomic E-state index is 13.1. The van der Waals surface area contributed by atoms with Gasteiger partial charge in [-0.1, -0.05) is 11.3 Å². The first-order chi connectivity index (χ1) is 14.1. The zero-order chi connectivity index (χ0) is 20.2. The predicted octanol–water partition coefficient (Wildman–Crippen LogP) is 4.31. The van der Waals surface area contributed by atoms with E-state index in [9.17, 15) is 9.18 Å². The van der Waals surface area contributed by atoms with E-state index in [0.29, 0.717) is 36.4 Å². The van der Waals surface area contributed by atoms with E-state index in [4.69, 9.17) is 9.47 Å². The number of thiazole rings is 1. The molecule has 7 nitrogen and oxygen atoms in total. The van der Waals surface area contributed by atoms with E-state index in [1.807, 2.05) is 19.1 Å². The molecule has 152 valence electrons. The van der Waals surface area contributed by atoms with Crippen LogP contribution in [0.2, 0.25) is 0 Å². The average Bonchev–Trinajstić information content (AvgIpc) is 3.11. The number of benzene rings is 2. The van der Waals surface area contributed by atoms with Gasteiger partial charge < -0.3 is 25.0 Å². The molecule has 0 unspecified atom stereocenters. The molecule has 1 aliphatic heterocycles. The van der Waals surface area contributed by atoms with Gasteiger partial charge in [0.2, 0.25) is 0 Å². The summed E-state index contributed by atoms with van der Waals surface area (Å²) in [6.07, 6.45) is 0. The second-order valence-electron chi connectivity index (χ2n) is 6.44. The number of carbonyl (C=O) groups is 1. The highest BCUT2D eigenvalue weighted by Gasteiger charge is 2.19. The van der Waals surface area contributed by atoms with Crippen LogP contribution in [-0.4, -0.2) is 43.9 Å². The van der Waals surface area contributed by atoms with Crippen LogP contribution in [0.25, 0.3) is 10.2 Å². The number of amides is 2. The van der Waals surface area contributed by atoms with E-state index in [1.54, 1.807) is 0 Å². The number of ether oxygens (including phenoxy) is 2. The van der Waals surface area contributed by atoms with Crippen molar-refractivity contribution in [1.82, 2.24) is 4.98 Å². The highest BCUT2D eigenvalue weighted by molar-refractivity contribution is 7.20. The fraction of sp³-hybridized carbons (Fsp3) is 0.300. The molecule has 1 saturated heterocycles. The second-order valence-corrected chi connectivity index (χ2v) is 7.43. The lowest BCUT2D eigenvalue weighted by Gasteiger charge is -2.30. The van der Waals surface area contributed by atoms with E-state index in [2.05, 4.69) is 20.5 Å². The van der Waals surface area contributed by atoms with Crippen LogP contribution < -0.4 is 20.3 Å². The Balaban J connectivity index is 1.62. The number of nitrogens with one attached hydrogen (secondary N) is 2. The Kier molecular flexibility index (Phi) is 5.77. The van der Waals surface area contributed by atoms with Crippen LogP contribution in [-0.2, 0) is 4.74 Å². The van der Waals surface area contributed by atoms with Gasteiger partial charge in [0, 0.05) is 18.8 Å². The maximum Gasteiger partial charge on any atom is 0.323 e. The number of fused-ring (bicyclic) bond motifs is 1. The molecular weight excluding hydrogens is 395 g/mol. The summed E-state index contributed by atoms with van der Waals surface area (Å²) in [6, 6.07) is 9.07. The molecule has 4 rings (SSSR count). The molecule has 2 aromatic carbocycles. The normalized spacial score (nSPS) is 14.1. The van der Waals surface area contributed by atoms with Gasteiger partial charge in [-0.3, -0.25) is 0 Å². The summed E-state index contributed by atoms with van der Waals surface area (Å²) < 4.78 is 25.0. The van der Waals surface area contributed by atoms with Crippen LogP contribution in [0.15, 0.2) is 36.4 Å².